The van der Waals surface area contributed by atoms with Gasteiger partial charge in [0, 0.05) is 11.1 Å². The third-order valence-electron chi connectivity index (χ3n) is 3.21. The van der Waals surface area contributed by atoms with Crippen molar-refractivity contribution in [3.8, 4) is 11.1 Å². The Bertz CT molecular complexity index is 907. The largest absolute Gasteiger partial charge is 0.478 e. The van der Waals surface area contributed by atoms with Gasteiger partial charge in [-0.1, -0.05) is 0 Å². The summed E-state index contributed by atoms with van der Waals surface area (Å²) in [6, 6.07) is 0. The second-order valence-electron chi connectivity index (χ2n) is 4.62. The van der Waals surface area contributed by atoms with Gasteiger partial charge in [0.1, 0.15) is 11.1 Å². The minimum atomic E-state index is -2.72. The molecule has 26 heavy (non-hydrogen) atoms. The summed E-state index contributed by atoms with van der Waals surface area (Å²) in [5.74, 6) is -26.4. The standard InChI is InChI=1S/C14H2F8O4/c15-5-1(3(13(23)24)7(17)11(21)9(5)19)2-4(14(25)26)8(18)12(22)10(20)6(2)16/h(H,23,24)(H,25,26). The predicted octanol–water partition coefficient (Wildman–Crippen LogP) is 3.86. The predicted molar refractivity (Wildman–Crippen MR) is 65.5 cm³/mol. The fourth-order valence-electron chi connectivity index (χ4n) is 2.13. The van der Waals surface area contributed by atoms with Crippen molar-refractivity contribution in [2.24, 2.45) is 0 Å². The van der Waals surface area contributed by atoms with Gasteiger partial charge < -0.3 is 10.2 Å². The van der Waals surface area contributed by atoms with Crippen LogP contribution in [0.5, 0.6) is 0 Å². The van der Waals surface area contributed by atoms with Crippen LogP contribution in [0.3, 0.4) is 0 Å². The second kappa shape index (κ2) is 6.28. The van der Waals surface area contributed by atoms with Crippen LogP contribution in [0.2, 0.25) is 0 Å². The van der Waals surface area contributed by atoms with Crippen LogP contribution in [0.25, 0.3) is 11.1 Å². The van der Waals surface area contributed by atoms with E-state index in [9.17, 15) is 44.7 Å². The highest BCUT2D eigenvalue weighted by atomic mass is 19.2. The van der Waals surface area contributed by atoms with Gasteiger partial charge in [-0.3, -0.25) is 0 Å². The molecule has 2 rings (SSSR count). The van der Waals surface area contributed by atoms with Gasteiger partial charge in [0.05, 0.1) is 0 Å². The lowest BCUT2D eigenvalue weighted by Crippen LogP contribution is -2.16. The molecule has 0 radical (unpaired) electrons. The lowest BCUT2D eigenvalue weighted by Gasteiger charge is -2.15. The Labute approximate surface area is 136 Å². The minimum Gasteiger partial charge on any atom is -0.478 e. The number of halogens is 8. The van der Waals surface area contributed by atoms with Gasteiger partial charge in [0.2, 0.25) is 0 Å². The monoisotopic (exact) mass is 386 g/mol. The van der Waals surface area contributed by atoms with Crippen molar-refractivity contribution in [1.29, 1.82) is 0 Å². The van der Waals surface area contributed by atoms with Crippen LogP contribution >= 0.6 is 0 Å². The van der Waals surface area contributed by atoms with Crippen molar-refractivity contribution in [2.45, 2.75) is 0 Å². The van der Waals surface area contributed by atoms with Crippen molar-refractivity contribution >= 4 is 11.9 Å². The zero-order valence-electron chi connectivity index (χ0n) is 11.7. The molecule has 0 unspecified atom stereocenters. The average Bonchev–Trinajstić information content (AvgIpc) is 2.56. The van der Waals surface area contributed by atoms with Gasteiger partial charge >= 0.3 is 11.9 Å². The molecule has 4 nitrogen and oxygen atoms in total. The zero-order valence-corrected chi connectivity index (χ0v) is 11.7. The second-order valence-corrected chi connectivity index (χ2v) is 4.62. The van der Waals surface area contributed by atoms with Gasteiger partial charge in [-0.2, -0.15) is 0 Å². The number of hydrogen-bond donors (Lipinski definition) is 2. The van der Waals surface area contributed by atoms with Crippen LogP contribution in [0.15, 0.2) is 0 Å². The highest BCUT2D eigenvalue weighted by molar-refractivity contribution is 6.02. The van der Waals surface area contributed by atoms with Crippen LogP contribution in [0, 0.1) is 46.5 Å². The third kappa shape index (κ3) is 2.53. The van der Waals surface area contributed by atoms with E-state index in [2.05, 4.69) is 0 Å². The molecule has 0 amide bonds. The van der Waals surface area contributed by atoms with Crippen LogP contribution in [0.4, 0.5) is 35.1 Å². The molecule has 0 saturated heterocycles. The summed E-state index contributed by atoms with van der Waals surface area (Å²) in [4.78, 5) is 22.1. The first-order valence-corrected chi connectivity index (χ1v) is 6.12. The Hall–Kier alpha value is -3.18. The molecule has 0 saturated carbocycles. The van der Waals surface area contributed by atoms with Crippen molar-refractivity contribution in [2.75, 3.05) is 0 Å². The molecule has 138 valence electrons. The fraction of sp³-hybridized carbons (Fsp3) is 0. The van der Waals surface area contributed by atoms with Gasteiger partial charge in [0.15, 0.2) is 46.5 Å². The molecule has 2 aromatic carbocycles. The summed E-state index contributed by atoms with van der Waals surface area (Å²) >= 11 is 0. The van der Waals surface area contributed by atoms with Crippen molar-refractivity contribution in [3.05, 3.63) is 57.7 Å². The summed E-state index contributed by atoms with van der Waals surface area (Å²) in [6.07, 6.45) is 0. The maximum absolute atomic E-state index is 14.0. The molecular formula is C14H2F8O4. The third-order valence-corrected chi connectivity index (χ3v) is 3.21. The highest BCUT2D eigenvalue weighted by Crippen LogP contribution is 2.39. The Balaban J connectivity index is 3.23. The number of carbonyl (C=O) groups is 2. The Morgan fingerprint density at radius 2 is 0.692 bits per heavy atom. The zero-order chi connectivity index (χ0) is 20.1. The number of aromatic carboxylic acids is 2. The van der Waals surface area contributed by atoms with E-state index in [1.54, 1.807) is 0 Å². The smallest absolute Gasteiger partial charge is 0.339 e. The van der Waals surface area contributed by atoms with E-state index in [-0.39, 0.29) is 0 Å². The first-order chi connectivity index (χ1) is 11.9. The molecule has 12 heteroatoms. The van der Waals surface area contributed by atoms with Crippen LogP contribution < -0.4 is 0 Å². The molecule has 0 aliphatic rings. The topological polar surface area (TPSA) is 74.6 Å². The summed E-state index contributed by atoms with van der Waals surface area (Å²) in [5.41, 5.74) is -8.62. The van der Waals surface area contributed by atoms with E-state index in [1.165, 1.54) is 0 Å². The van der Waals surface area contributed by atoms with E-state index in [1.807, 2.05) is 0 Å². The first-order valence-electron chi connectivity index (χ1n) is 6.12. The SMILES string of the molecule is O=C(O)c1c(F)c(F)c(F)c(F)c1-c1c(F)c(F)c(F)c(F)c1C(=O)O. The van der Waals surface area contributed by atoms with E-state index in [0.29, 0.717) is 0 Å². The van der Waals surface area contributed by atoms with Crippen LogP contribution in [0.1, 0.15) is 20.7 Å². The van der Waals surface area contributed by atoms with E-state index in [4.69, 9.17) is 10.2 Å². The average molecular weight is 386 g/mol. The fourth-order valence-corrected chi connectivity index (χ4v) is 2.13. The minimum absolute atomic E-state index is 2.15. The lowest BCUT2D eigenvalue weighted by atomic mass is 9.92. The number of benzene rings is 2. The van der Waals surface area contributed by atoms with E-state index < -0.39 is 80.7 Å². The molecule has 0 aliphatic heterocycles. The normalized spacial score (nSPS) is 10.9. The quantitative estimate of drug-likeness (QED) is 0.477. The molecule has 0 heterocycles. The maximum atomic E-state index is 14.0. The summed E-state index contributed by atoms with van der Waals surface area (Å²) in [6.45, 7) is 0. The van der Waals surface area contributed by atoms with Gasteiger partial charge in [0.25, 0.3) is 0 Å². The van der Waals surface area contributed by atoms with Gasteiger partial charge in [-0.25, -0.2) is 44.7 Å². The molecule has 2 aromatic rings. The van der Waals surface area contributed by atoms with Gasteiger partial charge in [-0.05, 0) is 0 Å². The lowest BCUT2D eigenvalue weighted by molar-refractivity contribution is 0.0676. The number of carboxylic acids is 2. The molecule has 0 bridgehead atoms. The molecule has 0 atom stereocenters. The van der Waals surface area contributed by atoms with Gasteiger partial charge in [-0.15, -0.1) is 0 Å². The Morgan fingerprint density at radius 1 is 0.462 bits per heavy atom. The van der Waals surface area contributed by atoms with Crippen molar-refractivity contribution in [1.82, 2.24) is 0 Å². The molecule has 0 spiro atoms. The molecule has 0 fully saturated rings. The number of rotatable bonds is 3. The highest BCUT2D eigenvalue weighted by Gasteiger charge is 2.37. The van der Waals surface area contributed by atoms with Crippen LogP contribution in [-0.4, -0.2) is 22.2 Å². The molecular weight excluding hydrogens is 384 g/mol. The Morgan fingerprint density at radius 3 is 0.923 bits per heavy atom. The summed E-state index contributed by atoms with van der Waals surface area (Å²) in [7, 11) is 0. The summed E-state index contributed by atoms with van der Waals surface area (Å²) in [5, 5.41) is 17.7. The molecule has 0 aromatic heterocycles. The number of hydrogen-bond acceptors (Lipinski definition) is 2. The molecule has 2 N–H and O–H groups in total. The maximum Gasteiger partial charge on any atom is 0.339 e. The first kappa shape index (κ1) is 19.1. The van der Waals surface area contributed by atoms with Crippen LogP contribution in [-0.2, 0) is 0 Å². The van der Waals surface area contributed by atoms with E-state index in [0.717, 1.165) is 0 Å². The molecule has 0 aliphatic carbocycles. The van der Waals surface area contributed by atoms with Crippen molar-refractivity contribution in [3.63, 3.8) is 0 Å². The Kier molecular flexibility index (Phi) is 4.62. The van der Waals surface area contributed by atoms with E-state index >= 15 is 0 Å². The summed E-state index contributed by atoms with van der Waals surface area (Å²) < 4.78 is 109. The number of carboxylic acid groups (broad SMARTS) is 2. The van der Waals surface area contributed by atoms with Crippen molar-refractivity contribution < 1.29 is 54.9 Å².